The monoisotopic (exact) mass is 466 g/mol. The number of allylic oxidation sites excluding steroid dienone is 3. The van der Waals surface area contributed by atoms with Gasteiger partial charge < -0.3 is 5.73 Å². The number of rotatable bonds is 4. The molecule has 0 saturated carbocycles. The predicted molar refractivity (Wildman–Crippen MR) is 151 cm³/mol. The predicted octanol–water partition coefficient (Wildman–Crippen LogP) is 8.49. The molecule has 1 heterocycles. The van der Waals surface area contributed by atoms with Gasteiger partial charge in [0.05, 0.1) is 6.07 Å². The highest BCUT2D eigenvalue weighted by Crippen LogP contribution is 2.44. The van der Waals surface area contributed by atoms with Crippen LogP contribution in [0.1, 0.15) is 5.56 Å². The number of thiophene rings is 1. The molecule has 0 unspecified atom stereocenters. The van der Waals surface area contributed by atoms with Gasteiger partial charge in [0.15, 0.2) is 0 Å². The lowest BCUT2D eigenvalue weighted by molar-refractivity contribution is 1.25. The first kappa shape index (κ1) is 21.2. The van der Waals surface area contributed by atoms with E-state index in [4.69, 9.17) is 5.73 Å². The standard InChI is InChI=1S/C32H22N2S/c33-18-17-22(20-34)10-9-21-11-13-24(14-12-21)28-19-30-32(27-8-4-3-7-26(27)28)31-25-6-2-1-5-23(25)15-16-29(31)35-30/h1-8,10-19H,9,33H2/b18-17-,22-10+. The molecule has 0 aliphatic heterocycles. The van der Waals surface area contributed by atoms with Crippen LogP contribution in [0.3, 0.4) is 0 Å². The van der Waals surface area contributed by atoms with Crippen LogP contribution in [0.25, 0.3) is 52.8 Å². The van der Waals surface area contributed by atoms with Gasteiger partial charge in [0.1, 0.15) is 0 Å². The topological polar surface area (TPSA) is 49.8 Å². The largest absolute Gasteiger partial charge is 0.405 e. The second-order valence-electron chi connectivity index (χ2n) is 8.64. The summed E-state index contributed by atoms with van der Waals surface area (Å²) in [5.41, 5.74) is 9.60. The molecule has 35 heavy (non-hydrogen) atoms. The lowest BCUT2D eigenvalue weighted by atomic mass is 9.93. The first-order valence-electron chi connectivity index (χ1n) is 11.6. The zero-order valence-corrected chi connectivity index (χ0v) is 19.8. The molecule has 0 atom stereocenters. The van der Waals surface area contributed by atoms with E-state index in [1.165, 1.54) is 59.0 Å². The molecular formula is C32H22N2S. The Hall–Kier alpha value is -4.39. The van der Waals surface area contributed by atoms with Gasteiger partial charge in [-0.15, -0.1) is 11.3 Å². The Bertz CT molecular complexity index is 1830. The molecule has 2 N–H and O–H groups in total. The molecule has 0 aliphatic rings. The van der Waals surface area contributed by atoms with Gasteiger partial charge in [0.2, 0.25) is 0 Å². The molecule has 0 amide bonds. The fourth-order valence-corrected chi connectivity index (χ4v) is 6.12. The van der Waals surface area contributed by atoms with Crippen molar-refractivity contribution in [2.24, 2.45) is 5.73 Å². The summed E-state index contributed by atoms with van der Waals surface area (Å²) in [6.45, 7) is 0. The summed E-state index contributed by atoms with van der Waals surface area (Å²) < 4.78 is 2.63. The van der Waals surface area contributed by atoms with Gasteiger partial charge in [0.25, 0.3) is 0 Å². The minimum atomic E-state index is 0.574. The van der Waals surface area contributed by atoms with Gasteiger partial charge in [-0.25, -0.2) is 0 Å². The van der Waals surface area contributed by atoms with E-state index in [2.05, 4.69) is 97.1 Å². The van der Waals surface area contributed by atoms with Gasteiger partial charge >= 0.3 is 0 Å². The highest BCUT2D eigenvalue weighted by atomic mass is 32.1. The van der Waals surface area contributed by atoms with Crippen LogP contribution < -0.4 is 5.73 Å². The lowest BCUT2D eigenvalue weighted by Crippen LogP contribution is -1.86. The number of nitrogens with two attached hydrogens (primary N) is 1. The fraction of sp³-hybridized carbons (Fsp3) is 0.0312. The number of hydrogen-bond donors (Lipinski definition) is 1. The molecule has 0 fully saturated rings. The minimum Gasteiger partial charge on any atom is -0.405 e. The summed E-state index contributed by atoms with van der Waals surface area (Å²) in [4.78, 5) is 0. The highest BCUT2D eigenvalue weighted by molar-refractivity contribution is 7.26. The van der Waals surface area contributed by atoms with Crippen LogP contribution in [0.5, 0.6) is 0 Å². The van der Waals surface area contributed by atoms with Crippen LogP contribution >= 0.6 is 11.3 Å². The summed E-state index contributed by atoms with van der Waals surface area (Å²) in [5, 5.41) is 17.1. The molecule has 166 valence electrons. The maximum Gasteiger partial charge on any atom is 0.0988 e. The van der Waals surface area contributed by atoms with Crippen molar-refractivity contribution in [3.63, 3.8) is 0 Å². The van der Waals surface area contributed by atoms with Crippen LogP contribution in [0.4, 0.5) is 0 Å². The zero-order valence-electron chi connectivity index (χ0n) is 19.0. The van der Waals surface area contributed by atoms with Crippen LogP contribution in [-0.4, -0.2) is 0 Å². The summed E-state index contributed by atoms with van der Waals surface area (Å²) in [6, 6.07) is 35.1. The third-order valence-corrected chi connectivity index (χ3v) is 7.70. The second kappa shape index (κ2) is 8.76. The molecular weight excluding hydrogens is 444 g/mol. The molecule has 5 aromatic carbocycles. The van der Waals surface area contributed by atoms with Crippen molar-refractivity contribution >= 4 is 53.1 Å². The smallest absolute Gasteiger partial charge is 0.0988 e. The average molecular weight is 467 g/mol. The van der Waals surface area contributed by atoms with E-state index in [-0.39, 0.29) is 0 Å². The van der Waals surface area contributed by atoms with Crippen LogP contribution in [0.2, 0.25) is 0 Å². The molecule has 0 aliphatic carbocycles. The first-order chi connectivity index (χ1) is 17.3. The Morgan fingerprint density at radius 3 is 2.29 bits per heavy atom. The van der Waals surface area contributed by atoms with Gasteiger partial charge in [-0.3, -0.25) is 0 Å². The van der Waals surface area contributed by atoms with Crippen molar-refractivity contribution in [3.8, 4) is 17.2 Å². The van der Waals surface area contributed by atoms with E-state index in [9.17, 15) is 5.26 Å². The Labute approximate surface area is 207 Å². The summed E-state index contributed by atoms with van der Waals surface area (Å²) in [6.07, 6.45) is 5.62. The Morgan fingerprint density at radius 2 is 1.51 bits per heavy atom. The zero-order chi connectivity index (χ0) is 23.8. The average Bonchev–Trinajstić information content (AvgIpc) is 3.30. The van der Waals surface area contributed by atoms with E-state index in [0.717, 1.165) is 5.56 Å². The first-order valence-corrected chi connectivity index (χ1v) is 12.4. The maximum absolute atomic E-state index is 9.20. The van der Waals surface area contributed by atoms with Crippen LogP contribution in [0.15, 0.2) is 115 Å². The second-order valence-corrected chi connectivity index (χ2v) is 9.72. The van der Waals surface area contributed by atoms with Gasteiger partial charge in [0, 0.05) is 25.7 Å². The third-order valence-electron chi connectivity index (χ3n) is 6.60. The van der Waals surface area contributed by atoms with E-state index < -0.39 is 0 Å². The molecule has 0 bridgehead atoms. The van der Waals surface area contributed by atoms with Crippen LogP contribution in [0, 0.1) is 11.3 Å². The minimum absolute atomic E-state index is 0.574. The summed E-state index contributed by atoms with van der Waals surface area (Å²) in [7, 11) is 0. The van der Waals surface area contributed by atoms with Gasteiger partial charge in [-0.05, 0) is 69.1 Å². The number of benzene rings is 5. The van der Waals surface area contributed by atoms with E-state index in [1.54, 1.807) is 6.08 Å². The lowest BCUT2D eigenvalue weighted by Gasteiger charge is -2.10. The molecule has 6 aromatic rings. The maximum atomic E-state index is 9.20. The van der Waals surface area contributed by atoms with Crippen molar-refractivity contribution in [3.05, 3.63) is 120 Å². The molecule has 2 nitrogen and oxygen atoms in total. The third kappa shape index (κ3) is 3.65. The van der Waals surface area contributed by atoms with E-state index in [0.29, 0.717) is 12.0 Å². The van der Waals surface area contributed by atoms with Crippen molar-refractivity contribution in [1.82, 2.24) is 0 Å². The molecule has 6 rings (SSSR count). The Morgan fingerprint density at radius 1 is 0.800 bits per heavy atom. The number of hydrogen-bond acceptors (Lipinski definition) is 3. The Balaban J connectivity index is 1.52. The Kier molecular flexibility index (Phi) is 5.29. The number of fused-ring (bicyclic) bond motifs is 7. The van der Waals surface area contributed by atoms with E-state index >= 15 is 0 Å². The SMILES string of the molecule is N#CC(/C=C\N)=C/Cc1ccc(-c2cc3sc4ccc5ccccc5c4c3c3ccccc23)cc1. The molecule has 0 spiro atoms. The fourth-order valence-electron chi connectivity index (χ4n) is 4.94. The van der Waals surface area contributed by atoms with Crippen molar-refractivity contribution in [2.45, 2.75) is 6.42 Å². The summed E-state index contributed by atoms with van der Waals surface area (Å²) in [5.74, 6) is 0. The molecule has 3 heteroatoms. The molecule has 0 saturated heterocycles. The highest BCUT2D eigenvalue weighted by Gasteiger charge is 2.15. The van der Waals surface area contributed by atoms with Crippen molar-refractivity contribution < 1.29 is 0 Å². The van der Waals surface area contributed by atoms with Crippen molar-refractivity contribution in [2.75, 3.05) is 0 Å². The van der Waals surface area contributed by atoms with Crippen molar-refractivity contribution in [1.29, 1.82) is 5.26 Å². The molecule has 1 aromatic heterocycles. The van der Waals surface area contributed by atoms with Gasteiger partial charge in [-0.1, -0.05) is 84.9 Å². The van der Waals surface area contributed by atoms with E-state index in [1.807, 2.05) is 17.4 Å². The summed E-state index contributed by atoms with van der Waals surface area (Å²) >= 11 is 1.87. The number of nitriles is 1. The van der Waals surface area contributed by atoms with Gasteiger partial charge in [-0.2, -0.15) is 5.26 Å². The van der Waals surface area contributed by atoms with Crippen LogP contribution in [-0.2, 0) is 6.42 Å². The number of nitrogens with zero attached hydrogens (tertiary/aromatic N) is 1. The molecule has 0 radical (unpaired) electrons. The quantitative estimate of drug-likeness (QED) is 0.209. The normalized spacial score (nSPS) is 12.3.